The number of methoxy groups -OCH3 is 1. The van der Waals surface area contributed by atoms with E-state index in [1.807, 2.05) is 24.3 Å². The lowest BCUT2D eigenvalue weighted by Gasteiger charge is -2.42. The summed E-state index contributed by atoms with van der Waals surface area (Å²) in [6, 6.07) is 7.84. The molecule has 0 bridgehead atoms. The molecule has 0 radical (unpaired) electrons. The third kappa shape index (κ3) is 2.28. The maximum absolute atomic E-state index is 11.0. The number of anilines is 1. The Hall–Kier alpha value is -2.30. The van der Waals surface area contributed by atoms with Crippen LogP contribution in [0.15, 0.2) is 30.5 Å². The van der Waals surface area contributed by atoms with Crippen molar-refractivity contribution in [3.63, 3.8) is 0 Å². The highest BCUT2D eigenvalue weighted by atomic mass is 16.5. The molecule has 0 spiro atoms. The maximum Gasteiger partial charge on any atom is 0.306 e. The predicted octanol–water partition coefficient (Wildman–Crippen LogP) is 2.40. The van der Waals surface area contributed by atoms with Crippen LogP contribution >= 0.6 is 0 Å². The minimum atomic E-state index is -0.729. The SMILES string of the molecule is COc1cccc2c(N3CC(C(C)C(=O)O)C3)nccc12. The largest absolute Gasteiger partial charge is 0.496 e. The number of carbonyl (C=O) groups is 1. The van der Waals surface area contributed by atoms with Crippen LogP contribution in [0.25, 0.3) is 10.8 Å². The molecule has 2 heterocycles. The predicted molar refractivity (Wildman–Crippen MR) is 80.8 cm³/mol. The number of fused-ring (bicyclic) bond motifs is 1. The zero-order chi connectivity index (χ0) is 15.0. The summed E-state index contributed by atoms with van der Waals surface area (Å²) in [5.74, 6) is 0.871. The summed E-state index contributed by atoms with van der Waals surface area (Å²) < 4.78 is 5.38. The number of rotatable bonds is 4. The van der Waals surface area contributed by atoms with Crippen LogP contribution in [-0.2, 0) is 4.79 Å². The van der Waals surface area contributed by atoms with Crippen molar-refractivity contribution in [2.45, 2.75) is 6.92 Å². The fraction of sp³-hybridized carbons (Fsp3) is 0.375. The lowest BCUT2D eigenvalue weighted by Crippen LogP contribution is -2.51. The molecule has 3 rings (SSSR count). The smallest absolute Gasteiger partial charge is 0.306 e. The lowest BCUT2D eigenvalue weighted by atomic mass is 9.87. The Balaban J connectivity index is 1.88. The molecule has 1 atom stereocenters. The first kappa shape index (κ1) is 13.7. The molecule has 2 aromatic rings. The highest BCUT2D eigenvalue weighted by molar-refractivity contribution is 5.96. The van der Waals surface area contributed by atoms with Crippen molar-refractivity contribution in [1.29, 1.82) is 0 Å². The Kier molecular flexibility index (Phi) is 3.41. The van der Waals surface area contributed by atoms with Gasteiger partial charge in [0.05, 0.1) is 13.0 Å². The van der Waals surface area contributed by atoms with Gasteiger partial charge < -0.3 is 14.7 Å². The van der Waals surface area contributed by atoms with Gasteiger partial charge >= 0.3 is 5.97 Å². The van der Waals surface area contributed by atoms with Gasteiger partial charge in [0.2, 0.25) is 0 Å². The fourth-order valence-electron chi connectivity index (χ4n) is 2.80. The van der Waals surface area contributed by atoms with Gasteiger partial charge in [0.15, 0.2) is 0 Å². The number of carboxylic acid groups (broad SMARTS) is 1. The standard InChI is InChI=1S/C16H18N2O3/c1-10(16(19)20)11-8-18(9-11)15-13-4-3-5-14(21-2)12(13)6-7-17-15/h3-7,10-11H,8-9H2,1-2H3,(H,19,20). The van der Waals surface area contributed by atoms with Gasteiger partial charge in [0.1, 0.15) is 11.6 Å². The third-order valence-electron chi connectivity index (χ3n) is 4.27. The van der Waals surface area contributed by atoms with Crippen LogP contribution in [0.5, 0.6) is 5.75 Å². The van der Waals surface area contributed by atoms with Crippen molar-refractivity contribution in [3.05, 3.63) is 30.5 Å². The Morgan fingerprint density at radius 2 is 2.14 bits per heavy atom. The van der Waals surface area contributed by atoms with Crippen molar-refractivity contribution in [2.75, 3.05) is 25.1 Å². The molecule has 110 valence electrons. The molecule has 0 saturated carbocycles. The second-order valence-electron chi connectivity index (χ2n) is 5.48. The van der Waals surface area contributed by atoms with E-state index in [1.54, 1.807) is 20.2 Å². The van der Waals surface area contributed by atoms with Gasteiger partial charge in [-0.3, -0.25) is 4.79 Å². The number of pyridine rings is 1. The maximum atomic E-state index is 11.0. The summed E-state index contributed by atoms with van der Waals surface area (Å²) in [6.45, 7) is 3.23. The molecule has 5 nitrogen and oxygen atoms in total. The lowest BCUT2D eigenvalue weighted by molar-refractivity contribution is -0.143. The van der Waals surface area contributed by atoms with Gasteiger partial charge in [0, 0.05) is 36.0 Å². The van der Waals surface area contributed by atoms with Gasteiger partial charge in [-0.2, -0.15) is 0 Å². The van der Waals surface area contributed by atoms with E-state index in [-0.39, 0.29) is 11.8 Å². The Morgan fingerprint density at radius 3 is 2.81 bits per heavy atom. The number of aromatic nitrogens is 1. The van der Waals surface area contributed by atoms with E-state index in [0.29, 0.717) is 0 Å². The molecule has 0 aliphatic carbocycles. The molecule has 1 saturated heterocycles. The Bertz CT molecular complexity index is 680. The van der Waals surface area contributed by atoms with Crippen LogP contribution in [0.3, 0.4) is 0 Å². The average Bonchev–Trinajstić information content (AvgIpc) is 2.45. The fourth-order valence-corrected chi connectivity index (χ4v) is 2.80. The second-order valence-corrected chi connectivity index (χ2v) is 5.48. The quantitative estimate of drug-likeness (QED) is 0.935. The van der Waals surface area contributed by atoms with E-state index in [2.05, 4.69) is 9.88 Å². The average molecular weight is 286 g/mol. The van der Waals surface area contributed by atoms with Crippen LogP contribution in [0.1, 0.15) is 6.92 Å². The number of hydrogen-bond donors (Lipinski definition) is 1. The first-order valence-electron chi connectivity index (χ1n) is 7.01. The van der Waals surface area contributed by atoms with Crippen molar-refractivity contribution in [1.82, 2.24) is 4.98 Å². The molecule has 1 aromatic carbocycles. The number of ether oxygens (including phenoxy) is 1. The highest BCUT2D eigenvalue weighted by Gasteiger charge is 2.35. The van der Waals surface area contributed by atoms with Crippen LogP contribution in [0.2, 0.25) is 0 Å². The van der Waals surface area contributed by atoms with E-state index >= 15 is 0 Å². The molecular formula is C16H18N2O3. The zero-order valence-electron chi connectivity index (χ0n) is 12.1. The summed E-state index contributed by atoms with van der Waals surface area (Å²) in [4.78, 5) is 17.6. The summed E-state index contributed by atoms with van der Waals surface area (Å²) >= 11 is 0. The topological polar surface area (TPSA) is 62.7 Å². The molecule has 1 aliphatic heterocycles. The van der Waals surface area contributed by atoms with Gasteiger partial charge in [-0.05, 0) is 12.1 Å². The normalized spacial score (nSPS) is 16.6. The number of benzene rings is 1. The van der Waals surface area contributed by atoms with Gasteiger partial charge in [-0.25, -0.2) is 4.98 Å². The van der Waals surface area contributed by atoms with Crippen LogP contribution in [0.4, 0.5) is 5.82 Å². The first-order valence-corrected chi connectivity index (χ1v) is 7.01. The summed E-state index contributed by atoms with van der Waals surface area (Å²) in [7, 11) is 1.66. The Morgan fingerprint density at radius 1 is 1.38 bits per heavy atom. The number of carboxylic acids is 1. The first-order chi connectivity index (χ1) is 10.1. The number of aliphatic carboxylic acids is 1. The Labute approximate surface area is 123 Å². The molecule has 5 heteroatoms. The van der Waals surface area contributed by atoms with E-state index in [0.717, 1.165) is 35.4 Å². The molecule has 1 N–H and O–H groups in total. The number of hydrogen-bond acceptors (Lipinski definition) is 4. The van der Waals surface area contributed by atoms with Crippen LogP contribution < -0.4 is 9.64 Å². The molecule has 1 aliphatic rings. The molecular weight excluding hydrogens is 268 g/mol. The number of nitrogens with zero attached hydrogens (tertiary/aromatic N) is 2. The highest BCUT2D eigenvalue weighted by Crippen LogP contribution is 2.35. The van der Waals surface area contributed by atoms with E-state index in [1.165, 1.54) is 0 Å². The van der Waals surface area contributed by atoms with Gasteiger partial charge in [-0.15, -0.1) is 0 Å². The van der Waals surface area contributed by atoms with Crippen LogP contribution in [0, 0.1) is 11.8 Å². The molecule has 1 aromatic heterocycles. The summed E-state index contributed by atoms with van der Waals surface area (Å²) in [5, 5.41) is 11.1. The summed E-state index contributed by atoms with van der Waals surface area (Å²) in [5.41, 5.74) is 0. The molecule has 1 unspecified atom stereocenters. The van der Waals surface area contributed by atoms with Gasteiger partial charge in [0.25, 0.3) is 0 Å². The van der Waals surface area contributed by atoms with E-state index in [9.17, 15) is 4.79 Å². The monoisotopic (exact) mass is 286 g/mol. The molecule has 21 heavy (non-hydrogen) atoms. The van der Waals surface area contributed by atoms with Crippen molar-refractivity contribution >= 4 is 22.6 Å². The van der Waals surface area contributed by atoms with E-state index in [4.69, 9.17) is 9.84 Å². The second kappa shape index (κ2) is 5.24. The zero-order valence-corrected chi connectivity index (χ0v) is 12.1. The summed E-state index contributed by atoms with van der Waals surface area (Å²) in [6.07, 6.45) is 1.77. The van der Waals surface area contributed by atoms with Crippen molar-refractivity contribution in [3.8, 4) is 5.75 Å². The van der Waals surface area contributed by atoms with Crippen molar-refractivity contribution in [2.24, 2.45) is 11.8 Å². The van der Waals surface area contributed by atoms with E-state index < -0.39 is 5.97 Å². The minimum Gasteiger partial charge on any atom is -0.496 e. The minimum absolute atomic E-state index is 0.185. The van der Waals surface area contributed by atoms with Gasteiger partial charge in [-0.1, -0.05) is 19.1 Å². The molecule has 0 amide bonds. The van der Waals surface area contributed by atoms with Crippen LogP contribution in [-0.4, -0.2) is 36.3 Å². The van der Waals surface area contributed by atoms with Crippen molar-refractivity contribution < 1.29 is 14.6 Å². The molecule has 1 fully saturated rings. The third-order valence-corrected chi connectivity index (χ3v) is 4.27.